The molecule has 4 rings (SSSR count). The highest BCUT2D eigenvalue weighted by Gasteiger charge is 2.21. The third-order valence-corrected chi connectivity index (χ3v) is 4.61. The average Bonchev–Trinajstić information content (AvgIpc) is 3.24. The van der Waals surface area contributed by atoms with Crippen molar-refractivity contribution in [3.05, 3.63) is 73.3 Å². The van der Waals surface area contributed by atoms with Crippen molar-refractivity contribution < 1.29 is 4.79 Å². The quantitative estimate of drug-likeness (QED) is 0.791. The number of amides is 2. The van der Waals surface area contributed by atoms with E-state index in [0.29, 0.717) is 13.1 Å². The largest absolute Gasteiger partial charge is 0.368 e. The fourth-order valence-electron chi connectivity index (χ4n) is 3.14. The van der Waals surface area contributed by atoms with Gasteiger partial charge in [0.15, 0.2) is 0 Å². The Hall–Kier alpha value is -3.28. The van der Waals surface area contributed by atoms with Crippen LogP contribution < -0.4 is 10.2 Å². The Morgan fingerprint density at radius 3 is 2.23 bits per heavy atom. The van der Waals surface area contributed by atoms with Crippen LogP contribution in [0.4, 0.5) is 16.2 Å². The number of para-hydroxylation sites is 1. The lowest BCUT2D eigenvalue weighted by Crippen LogP contribution is -2.50. The zero-order chi connectivity index (χ0) is 17.8. The van der Waals surface area contributed by atoms with E-state index in [0.717, 1.165) is 24.5 Å². The Balaban J connectivity index is 1.34. The minimum absolute atomic E-state index is 0.0358. The second-order valence-electron chi connectivity index (χ2n) is 6.26. The van der Waals surface area contributed by atoms with Gasteiger partial charge in [-0.3, -0.25) is 0 Å². The summed E-state index contributed by atoms with van der Waals surface area (Å²) in [5.74, 6) is 0. The van der Waals surface area contributed by atoms with Crippen molar-refractivity contribution in [3.63, 3.8) is 0 Å². The minimum Gasteiger partial charge on any atom is -0.368 e. The topological polar surface area (TPSA) is 53.4 Å². The molecule has 2 amide bonds. The van der Waals surface area contributed by atoms with E-state index in [4.69, 9.17) is 0 Å². The van der Waals surface area contributed by atoms with Crippen LogP contribution in [0.2, 0.25) is 0 Å². The molecule has 0 radical (unpaired) electrons. The molecule has 1 N–H and O–H groups in total. The van der Waals surface area contributed by atoms with Gasteiger partial charge in [0.05, 0.1) is 6.33 Å². The molecule has 1 saturated heterocycles. The molecular formula is C20H21N5O. The van der Waals surface area contributed by atoms with Crippen LogP contribution >= 0.6 is 0 Å². The van der Waals surface area contributed by atoms with Gasteiger partial charge in [0.25, 0.3) is 0 Å². The van der Waals surface area contributed by atoms with E-state index in [1.54, 1.807) is 12.5 Å². The maximum atomic E-state index is 12.4. The lowest BCUT2D eigenvalue weighted by atomic mass is 10.2. The number of aromatic nitrogens is 2. The van der Waals surface area contributed by atoms with Crippen molar-refractivity contribution in [1.29, 1.82) is 0 Å². The summed E-state index contributed by atoms with van der Waals surface area (Å²) >= 11 is 0. The average molecular weight is 347 g/mol. The number of carbonyl (C=O) groups is 1. The number of nitrogens with zero attached hydrogens (tertiary/aromatic N) is 4. The molecule has 0 bridgehead atoms. The van der Waals surface area contributed by atoms with Crippen LogP contribution in [0.1, 0.15) is 0 Å². The summed E-state index contributed by atoms with van der Waals surface area (Å²) in [7, 11) is 0. The smallest absolute Gasteiger partial charge is 0.321 e. The summed E-state index contributed by atoms with van der Waals surface area (Å²) in [6.45, 7) is 3.07. The number of piperazine rings is 1. The van der Waals surface area contributed by atoms with E-state index in [9.17, 15) is 4.79 Å². The molecule has 26 heavy (non-hydrogen) atoms. The van der Waals surface area contributed by atoms with E-state index >= 15 is 0 Å². The van der Waals surface area contributed by atoms with Gasteiger partial charge in [-0.1, -0.05) is 18.2 Å². The van der Waals surface area contributed by atoms with Crippen LogP contribution in [0, 0.1) is 0 Å². The van der Waals surface area contributed by atoms with E-state index in [2.05, 4.69) is 39.5 Å². The van der Waals surface area contributed by atoms with Gasteiger partial charge in [-0.25, -0.2) is 9.78 Å². The Morgan fingerprint density at radius 2 is 1.58 bits per heavy atom. The van der Waals surface area contributed by atoms with Crippen molar-refractivity contribution in [3.8, 4) is 5.69 Å². The van der Waals surface area contributed by atoms with Crippen LogP contribution in [-0.2, 0) is 0 Å². The van der Waals surface area contributed by atoms with Crippen LogP contribution in [0.25, 0.3) is 5.69 Å². The number of hydrogen-bond acceptors (Lipinski definition) is 3. The Bertz CT molecular complexity index is 838. The van der Waals surface area contributed by atoms with Gasteiger partial charge < -0.3 is 19.7 Å². The summed E-state index contributed by atoms with van der Waals surface area (Å²) in [6.07, 6.45) is 5.49. The van der Waals surface area contributed by atoms with Crippen molar-refractivity contribution in [2.75, 3.05) is 36.4 Å². The van der Waals surface area contributed by atoms with Crippen LogP contribution in [0.3, 0.4) is 0 Å². The molecule has 1 aromatic heterocycles. The van der Waals surface area contributed by atoms with Gasteiger partial charge in [0.1, 0.15) is 0 Å². The molecule has 0 unspecified atom stereocenters. The van der Waals surface area contributed by atoms with Crippen molar-refractivity contribution >= 4 is 17.4 Å². The van der Waals surface area contributed by atoms with Crippen LogP contribution in [-0.4, -0.2) is 46.7 Å². The van der Waals surface area contributed by atoms with E-state index in [1.165, 1.54) is 5.69 Å². The molecule has 0 atom stereocenters. The molecule has 0 aliphatic carbocycles. The van der Waals surface area contributed by atoms with Crippen molar-refractivity contribution in [2.45, 2.75) is 0 Å². The summed E-state index contributed by atoms with van der Waals surface area (Å²) < 4.78 is 1.98. The van der Waals surface area contributed by atoms with Crippen molar-refractivity contribution in [1.82, 2.24) is 14.5 Å². The van der Waals surface area contributed by atoms with Gasteiger partial charge >= 0.3 is 6.03 Å². The molecule has 3 aromatic rings. The van der Waals surface area contributed by atoms with E-state index in [1.807, 2.05) is 46.0 Å². The number of hydrogen-bond donors (Lipinski definition) is 1. The zero-order valence-corrected chi connectivity index (χ0v) is 14.5. The molecule has 0 spiro atoms. The molecule has 6 nitrogen and oxygen atoms in total. The first-order chi connectivity index (χ1) is 12.8. The van der Waals surface area contributed by atoms with Crippen molar-refractivity contribution in [2.24, 2.45) is 0 Å². The fourth-order valence-corrected chi connectivity index (χ4v) is 3.14. The lowest BCUT2D eigenvalue weighted by molar-refractivity contribution is 0.208. The zero-order valence-electron chi connectivity index (χ0n) is 14.5. The highest BCUT2D eigenvalue weighted by atomic mass is 16.2. The first kappa shape index (κ1) is 16.2. The first-order valence-corrected chi connectivity index (χ1v) is 8.74. The molecule has 6 heteroatoms. The second-order valence-corrected chi connectivity index (χ2v) is 6.26. The molecule has 0 saturated carbocycles. The molecule has 1 aliphatic rings. The number of rotatable bonds is 3. The molecule has 1 fully saturated rings. The third kappa shape index (κ3) is 3.54. The monoisotopic (exact) mass is 347 g/mol. The predicted molar refractivity (Wildman–Crippen MR) is 103 cm³/mol. The summed E-state index contributed by atoms with van der Waals surface area (Å²) in [5.41, 5.74) is 3.10. The number of carbonyl (C=O) groups excluding carboxylic acids is 1. The van der Waals surface area contributed by atoms with Gasteiger partial charge in [0, 0.05) is 55.6 Å². The number of urea groups is 1. The first-order valence-electron chi connectivity index (χ1n) is 8.74. The maximum Gasteiger partial charge on any atom is 0.321 e. The van der Waals surface area contributed by atoms with E-state index < -0.39 is 0 Å². The number of anilines is 2. The van der Waals surface area contributed by atoms with Gasteiger partial charge in [-0.05, 0) is 36.4 Å². The Kier molecular flexibility index (Phi) is 4.55. The highest BCUT2D eigenvalue weighted by molar-refractivity contribution is 5.89. The second kappa shape index (κ2) is 7.31. The molecule has 2 heterocycles. The summed E-state index contributed by atoms with van der Waals surface area (Å²) in [4.78, 5) is 20.6. The highest BCUT2D eigenvalue weighted by Crippen LogP contribution is 2.19. The van der Waals surface area contributed by atoms with Crippen LogP contribution in [0.15, 0.2) is 73.3 Å². The van der Waals surface area contributed by atoms with Gasteiger partial charge in [-0.15, -0.1) is 0 Å². The molecule has 2 aromatic carbocycles. The standard InChI is InChI=1S/C20H21N5O/c26-20(22-17-4-2-1-3-5-17)24-14-12-23(13-15-24)18-6-8-19(9-7-18)25-11-10-21-16-25/h1-11,16H,12-15H2,(H,22,26). The normalized spacial score (nSPS) is 14.3. The van der Waals surface area contributed by atoms with E-state index in [-0.39, 0.29) is 6.03 Å². The molecule has 132 valence electrons. The van der Waals surface area contributed by atoms with Crippen LogP contribution in [0.5, 0.6) is 0 Å². The molecular weight excluding hydrogens is 326 g/mol. The Labute approximate surface area is 152 Å². The summed E-state index contributed by atoms with van der Waals surface area (Å²) in [5, 5.41) is 2.95. The fraction of sp³-hybridized carbons (Fsp3) is 0.200. The van der Waals surface area contributed by atoms with Gasteiger partial charge in [-0.2, -0.15) is 0 Å². The Morgan fingerprint density at radius 1 is 0.885 bits per heavy atom. The lowest BCUT2D eigenvalue weighted by Gasteiger charge is -2.36. The number of benzene rings is 2. The third-order valence-electron chi connectivity index (χ3n) is 4.61. The predicted octanol–water partition coefficient (Wildman–Crippen LogP) is 3.23. The van der Waals surface area contributed by atoms with Gasteiger partial charge in [0.2, 0.25) is 0 Å². The summed E-state index contributed by atoms with van der Waals surface area (Å²) in [6, 6.07) is 18.0. The maximum absolute atomic E-state index is 12.4. The SMILES string of the molecule is O=C(Nc1ccccc1)N1CCN(c2ccc(-n3ccnc3)cc2)CC1. The number of nitrogens with one attached hydrogen (secondary N) is 1. The molecule has 1 aliphatic heterocycles. The number of imidazole rings is 1. The minimum atomic E-state index is -0.0358.